The molecule has 1 aromatic rings. The number of amidine groups is 1. The molecule has 1 aliphatic rings. The number of aromatic nitrogens is 1. The zero-order valence-electron chi connectivity index (χ0n) is 19.8. The molecule has 1 saturated heterocycles. The first kappa shape index (κ1) is 26.9. The number of ether oxygens (including phenoxy) is 2. The van der Waals surface area contributed by atoms with Crippen LogP contribution in [0.5, 0.6) is 0 Å². The molecule has 1 aromatic heterocycles. The van der Waals surface area contributed by atoms with Crippen LogP contribution in [-0.2, 0) is 9.47 Å². The maximum absolute atomic E-state index is 11.7. The number of hydrogen-bond acceptors (Lipinski definition) is 10. The summed E-state index contributed by atoms with van der Waals surface area (Å²) in [4.78, 5) is 25.7. The maximum Gasteiger partial charge on any atom is 0.188 e. The molecule has 1 aliphatic heterocycles. The van der Waals surface area contributed by atoms with Crippen LogP contribution in [0, 0.1) is 6.92 Å². The zero-order valence-corrected chi connectivity index (χ0v) is 20.6. The van der Waals surface area contributed by atoms with E-state index >= 15 is 0 Å². The van der Waals surface area contributed by atoms with Gasteiger partial charge in [0.05, 0.1) is 49.4 Å². The Morgan fingerprint density at radius 1 is 1.24 bits per heavy atom. The number of aryl methyl sites for hydroxylation is 1. The summed E-state index contributed by atoms with van der Waals surface area (Å²) in [5, 5.41) is 12.5. The van der Waals surface area contributed by atoms with Gasteiger partial charge in [-0.05, 0) is 13.8 Å². The molecular weight excluding hydrogens is 444 g/mol. The molecule has 10 nitrogen and oxygen atoms in total. The van der Waals surface area contributed by atoms with Crippen molar-refractivity contribution in [3.63, 3.8) is 0 Å². The number of aliphatic imine (C=N–C) groups is 1. The van der Waals surface area contributed by atoms with Crippen molar-refractivity contribution < 1.29 is 19.4 Å². The smallest absolute Gasteiger partial charge is 0.188 e. The van der Waals surface area contributed by atoms with Gasteiger partial charge in [0, 0.05) is 51.4 Å². The topological polar surface area (TPSA) is 126 Å². The van der Waals surface area contributed by atoms with E-state index in [1.54, 1.807) is 6.92 Å². The molecule has 0 saturated carbocycles. The summed E-state index contributed by atoms with van der Waals surface area (Å²) in [6.45, 7) is 15.4. The van der Waals surface area contributed by atoms with Crippen LogP contribution in [0.3, 0.4) is 0 Å². The Bertz CT molecular complexity index is 842. The minimum Gasteiger partial charge on any atom is -0.394 e. The van der Waals surface area contributed by atoms with E-state index < -0.39 is 0 Å². The summed E-state index contributed by atoms with van der Waals surface area (Å²) in [5.74, 6) is 1.21. The number of piperazine rings is 1. The summed E-state index contributed by atoms with van der Waals surface area (Å²) < 4.78 is 10.8. The highest BCUT2D eigenvalue weighted by atomic mass is 32.1. The fraction of sp³-hybridized carbons (Fsp3) is 0.591. The van der Waals surface area contributed by atoms with E-state index in [1.165, 1.54) is 18.3 Å². The van der Waals surface area contributed by atoms with E-state index in [2.05, 4.69) is 31.7 Å². The van der Waals surface area contributed by atoms with Crippen molar-refractivity contribution in [2.75, 3.05) is 71.1 Å². The minimum absolute atomic E-state index is 0.00144. The van der Waals surface area contributed by atoms with Gasteiger partial charge in [0.1, 0.15) is 5.82 Å². The normalized spacial score (nSPS) is 15.7. The lowest BCUT2D eigenvalue weighted by Crippen LogP contribution is -2.46. The molecule has 4 N–H and O–H groups in total. The van der Waals surface area contributed by atoms with Crippen LogP contribution in [0.2, 0.25) is 0 Å². The molecule has 0 aromatic carbocycles. The molecule has 33 heavy (non-hydrogen) atoms. The van der Waals surface area contributed by atoms with Crippen molar-refractivity contribution in [3.05, 3.63) is 34.7 Å². The van der Waals surface area contributed by atoms with Gasteiger partial charge < -0.3 is 30.5 Å². The second-order valence-electron chi connectivity index (χ2n) is 7.67. The first-order chi connectivity index (χ1) is 15.8. The van der Waals surface area contributed by atoms with E-state index in [0.717, 1.165) is 38.5 Å². The molecule has 0 amide bonds. The lowest BCUT2D eigenvalue weighted by atomic mass is 10.3. The van der Waals surface area contributed by atoms with Gasteiger partial charge in [-0.15, -0.1) is 0 Å². The minimum atomic E-state index is 0.00144. The van der Waals surface area contributed by atoms with Gasteiger partial charge in [0.25, 0.3) is 0 Å². The summed E-state index contributed by atoms with van der Waals surface area (Å²) in [5.41, 5.74) is 7.20. The van der Waals surface area contributed by atoms with Crippen LogP contribution >= 0.6 is 11.3 Å². The van der Waals surface area contributed by atoms with Crippen molar-refractivity contribution in [1.82, 2.24) is 14.8 Å². The highest BCUT2D eigenvalue weighted by molar-refractivity contribution is 7.17. The second-order valence-corrected chi connectivity index (χ2v) is 8.67. The first-order valence-corrected chi connectivity index (χ1v) is 11.8. The number of Topliss-reactive ketones (excluding diaryl/α,β-unsaturated/α-hetero) is 1. The predicted octanol–water partition coefficient (Wildman–Crippen LogP) is 1.44. The van der Waals surface area contributed by atoms with Crippen LogP contribution in [0.15, 0.2) is 29.2 Å². The SMILES string of the molecule is C=C(/C=C(\N=C(\C)N)N1CCN(CCOCCOCCO)CC1)Nc1nc(C)c(C(C)=O)s1. The lowest BCUT2D eigenvalue weighted by Gasteiger charge is -2.36. The molecule has 0 aliphatic carbocycles. The number of carbonyl (C=O) groups is 1. The lowest BCUT2D eigenvalue weighted by molar-refractivity contribution is 0.0230. The van der Waals surface area contributed by atoms with Gasteiger partial charge in [-0.25, -0.2) is 9.98 Å². The van der Waals surface area contributed by atoms with E-state index in [9.17, 15) is 4.79 Å². The summed E-state index contributed by atoms with van der Waals surface area (Å²) in [6, 6.07) is 0. The van der Waals surface area contributed by atoms with Gasteiger partial charge in [0.2, 0.25) is 0 Å². The molecule has 2 rings (SSSR count). The van der Waals surface area contributed by atoms with Crippen LogP contribution in [0.25, 0.3) is 0 Å². The number of anilines is 1. The number of nitrogens with zero attached hydrogens (tertiary/aromatic N) is 4. The van der Waals surface area contributed by atoms with Crippen molar-refractivity contribution in [1.29, 1.82) is 0 Å². The fourth-order valence-corrected chi connectivity index (χ4v) is 4.16. The Hall–Kier alpha value is -2.31. The molecule has 0 radical (unpaired) electrons. The molecule has 184 valence electrons. The number of hydrogen-bond donors (Lipinski definition) is 3. The molecule has 0 unspecified atom stereocenters. The van der Waals surface area contributed by atoms with Gasteiger partial charge in [-0.3, -0.25) is 9.69 Å². The van der Waals surface area contributed by atoms with Crippen molar-refractivity contribution in [3.8, 4) is 0 Å². The van der Waals surface area contributed by atoms with Gasteiger partial charge in [0.15, 0.2) is 10.9 Å². The summed E-state index contributed by atoms with van der Waals surface area (Å²) in [6.07, 6.45) is 1.85. The quantitative estimate of drug-likeness (QED) is 0.119. The number of nitrogens with one attached hydrogen (secondary N) is 1. The van der Waals surface area contributed by atoms with Gasteiger partial charge >= 0.3 is 0 Å². The monoisotopic (exact) mass is 480 g/mol. The largest absolute Gasteiger partial charge is 0.394 e. The maximum atomic E-state index is 11.7. The fourth-order valence-electron chi connectivity index (χ4n) is 3.26. The van der Waals surface area contributed by atoms with Crippen LogP contribution in [-0.4, -0.2) is 97.3 Å². The number of aliphatic hydroxyl groups excluding tert-OH is 1. The predicted molar refractivity (Wildman–Crippen MR) is 132 cm³/mol. The number of carbonyl (C=O) groups excluding carboxylic acids is 1. The average Bonchev–Trinajstić information content (AvgIpc) is 3.13. The highest BCUT2D eigenvalue weighted by Crippen LogP contribution is 2.24. The zero-order chi connectivity index (χ0) is 24.2. The van der Waals surface area contributed by atoms with E-state index in [1.807, 2.05) is 13.0 Å². The molecule has 1 fully saturated rings. The number of nitrogens with two attached hydrogens (primary N) is 1. The Kier molecular flexibility index (Phi) is 11.5. The average molecular weight is 481 g/mol. The second kappa shape index (κ2) is 14.1. The molecule has 0 spiro atoms. The molecule has 0 atom stereocenters. The van der Waals surface area contributed by atoms with Crippen LogP contribution in [0.1, 0.15) is 29.2 Å². The molecule has 2 heterocycles. The van der Waals surface area contributed by atoms with E-state index in [0.29, 0.717) is 53.7 Å². The van der Waals surface area contributed by atoms with Crippen LogP contribution in [0.4, 0.5) is 5.13 Å². The van der Waals surface area contributed by atoms with Crippen molar-refractivity contribution in [2.45, 2.75) is 20.8 Å². The Morgan fingerprint density at radius 2 is 1.91 bits per heavy atom. The molecule has 11 heteroatoms. The summed E-state index contributed by atoms with van der Waals surface area (Å²) in [7, 11) is 0. The van der Waals surface area contributed by atoms with Gasteiger partial charge in [-0.1, -0.05) is 17.9 Å². The number of thiazole rings is 1. The van der Waals surface area contributed by atoms with Gasteiger partial charge in [-0.2, -0.15) is 0 Å². The third kappa shape index (κ3) is 9.60. The number of rotatable bonds is 14. The summed E-state index contributed by atoms with van der Waals surface area (Å²) >= 11 is 1.31. The number of ketones is 1. The number of allylic oxidation sites excluding steroid dienone is 1. The Balaban J connectivity index is 1.86. The highest BCUT2D eigenvalue weighted by Gasteiger charge is 2.19. The van der Waals surface area contributed by atoms with E-state index in [4.69, 9.17) is 20.3 Å². The third-order valence-electron chi connectivity index (χ3n) is 4.83. The number of aliphatic hydroxyl groups is 1. The van der Waals surface area contributed by atoms with Crippen LogP contribution < -0.4 is 11.1 Å². The molecular formula is C22H36N6O4S. The van der Waals surface area contributed by atoms with Crippen molar-refractivity contribution >= 4 is 28.1 Å². The van der Waals surface area contributed by atoms with Crippen molar-refractivity contribution in [2.24, 2.45) is 10.7 Å². The Morgan fingerprint density at radius 3 is 2.48 bits per heavy atom. The Labute approximate surface area is 199 Å². The molecule has 0 bridgehead atoms. The third-order valence-corrected chi connectivity index (χ3v) is 6.01. The standard InChI is InChI=1S/C22H36N6O4S/c1-16(24-22-25-17(2)21(33-22)18(3)30)15-20(26-19(4)23)28-7-5-27(6-8-28)9-11-31-13-14-32-12-10-29/h15,29H,1,5-14H2,2-4H3,(H2,23,26)(H,24,25)/b20-15+. The first-order valence-electron chi connectivity index (χ1n) is 11.0. The van der Waals surface area contributed by atoms with E-state index in [-0.39, 0.29) is 12.4 Å².